The minimum absolute atomic E-state index is 0.00660. The Balaban J connectivity index is 1.52. The van der Waals surface area contributed by atoms with Crippen LogP contribution in [-0.4, -0.2) is 59.4 Å². The van der Waals surface area contributed by atoms with Gasteiger partial charge in [-0.05, 0) is 54.3 Å². The average Bonchev–Trinajstić information content (AvgIpc) is 3.20. The van der Waals surface area contributed by atoms with E-state index in [-0.39, 0.29) is 11.6 Å². The van der Waals surface area contributed by atoms with Gasteiger partial charge in [0.1, 0.15) is 0 Å². The van der Waals surface area contributed by atoms with E-state index in [1.807, 2.05) is 0 Å². The summed E-state index contributed by atoms with van der Waals surface area (Å²) in [7, 11) is 0. The lowest BCUT2D eigenvalue weighted by atomic mass is 10.2. The van der Waals surface area contributed by atoms with E-state index in [0.29, 0.717) is 22.7 Å². The van der Waals surface area contributed by atoms with Gasteiger partial charge in [-0.15, -0.1) is 0 Å². The molecule has 0 aliphatic carbocycles. The van der Waals surface area contributed by atoms with Crippen molar-refractivity contribution in [2.45, 2.75) is 25.3 Å². The summed E-state index contributed by atoms with van der Waals surface area (Å²) in [5, 5.41) is 13.6. The van der Waals surface area contributed by atoms with E-state index >= 15 is 0 Å². The monoisotopic (exact) mass is 396 g/mol. The molecule has 0 saturated carbocycles. The molecule has 3 rings (SSSR count). The number of nitro benzene ring substituents is 1. The molecule has 0 radical (unpaired) electrons. The van der Waals surface area contributed by atoms with Crippen molar-refractivity contribution in [3.8, 4) is 0 Å². The molecule has 1 aromatic rings. The van der Waals surface area contributed by atoms with Crippen molar-refractivity contribution in [3.05, 3.63) is 32.8 Å². The van der Waals surface area contributed by atoms with Gasteiger partial charge >= 0.3 is 0 Å². The van der Waals surface area contributed by atoms with Crippen LogP contribution in [0.2, 0.25) is 0 Å². The number of likely N-dealkylation sites (tertiary alicyclic amines) is 2. The third-order valence-electron chi connectivity index (χ3n) is 4.71. The number of carbonyl (C=O) groups excluding carboxylic acids is 1. The first-order valence-corrected chi connectivity index (χ1v) is 9.02. The number of hydrogen-bond donors (Lipinski definition) is 1. The maximum atomic E-state index is 12.2. The molecule has 24 heavy (non-hydrogen) atoms. The van der Waals surface area contributed by atoms with Gasteiger partial charge in [0.05, 0.1) is 17.2 Å². The quantitative estimate of drug-likeness (QED) is 0.610. The highest BCUT2D eigenvalue weighted by Gasteiger charge is 2.30. The van der Waals surface area contributed by atoms with Crippen molar-refractivity contribution in [1.29, 1.82) is 0 Å². The zero-order valence-corrected chi connectivity index (χ0v) is 15.0. The van der Waals surface area contributed by atoms with Gasteiger partial charge in [-0.25, -0.2) is 0 Å². The summed E-state index contributed by atoms with van der Waals surface area (Å²) < 4.78 is 0.515. The smallest absolute Gasteiger partial charge is 0.270 e. The first kappa shape index (κ1) is 17.3. The highest BCUT2D eigenvalue weighted by atomic mass is 79.9. The number of anilines is 1. The highest BCUT2D eigenvalue weighted by molar-refractivity contribution is 9.10. The van der Waals surface area contributed by atoms with Crippen LogP contribution in [0.25, 0.3) is 0 Å². The number of halogens is 1. The third-order valence-corrected chi connectivity index (χ3v) is 5.37. The third kappa shape index (κ3) is 4.12. The van der Waals surface area contributed by atoms with E-state index in [1.165, 1.54) is 38.1 Å². The molecule has 1 aromatic carbocycles. The van der Waals surface area contributed by atoms with Crippen LogP contribution in [-0.2, 0) is 4.79 Å². The standard InChI is InChI=1S/C16H21BrN4O3/c17-14-9-12(21(23)24)3-4-15(14)18-16(22)11-19-8-5-13(10-19)20-6-1-2-7-20/h3-4,9,13H,1-2,5-8,10-11H2,(H,18,22). The summed E-state index contributed by atoms with van der Waals surface area (Å²) in [5.74, 6) is -0.0911. The maximum Gasteiger partial charge on any atom is 0.270 e. The van der Waals surface area contributed by atoms with Crippen LogP contribution in [0.5, 0.6) is 0 Å². The molecule has 1 N–H and O–H groups in total. The topological polar surface area (TPSA) is 78.7 Å². The number of amides is 1. The Morgan fingerprint density at radius 1 is 1.33 bits per heavy atom. The number of non-ortho nitro benzene ring substituents is 1. The van der Waals surface area contributed by atoms with Crippen molar-refractivity contribution in [3.63, 3.8) is 0 Å². The molecule has 1 atom stereocenters. The molecule has 8 heteroatoms. The fraction of sp³-hybridized carbons (Fsp3) is 0.562. The van der Waals surface area contributed by atoms with Crippen LogP contribution in [0.3, 0.4) is 0 Å². The van der Waals surface area contributed by atoms with Crippen LogP contribution in [0.15, 0.2) is 22.7 Å². The maximum absolute atomic E-state index is 12.2. The number of hydrogen-bond acceptors (Lipinski definition) is 5. The predicted octanol–water partition coefficient (Wildman–Crippen LogP) is 2.47. The van der Waals surface area contributed by atoms with Crippen molar-refractivity contribution < 1.29 is 9.72 Å². The summed E-state index contributed by atoms with van der Waals surface area (Å²) in [6.07, 6.45) is 3.69. The lowest BCUT2D eigenvalue weighted by molar-refractivity contribution is -0.384. The summed E-state index contributed by atoms with van der Waals surface area (Å²) in [6.45, 7) is 4.60. The summed E-state index contributed by atoms with van der Waals surface area (Å²) >= 11 is 3.27. The highest BCUT2D eigenvalue weighted by Crippen LogP contribution is 2.27. The van der Waals surface area contributed by atoms with E-state index < -0.39 is 4.92 Å². The summed E-state index contributed by atoms with van der Waals surface area (Å²) in [4.78, 5) is 27.2. The van der Waals surface area contributed by atoms with Crippen molar-refractivity contribution >= 4 is 33.2 Å². The first-order chi connectivity index (χ1) is 11.5. The molecule has 2 fully saturated rings. The Hall–Kier alpha value is -1.51. The van der Waals surface area contributed by atoms with Crippen molar-refractivity contribution in [2.75, 3.05) is 38.0 Å². The number of rotatable bonds is 5. The van der Waals surface area contributed by atoms with Crippen LogP contribution < -0.4 is 5.32 Å². The van der Waals surface area contributed by atoms with E-state index in [4.69, 9.17) is 0 Å². The number of nitro groups is 1. The Morgan fingerprint density at radius 2 is 2.08 bits per heavy atom. The molecular weight excluding hydrogens is 376 g/mol. The Morgan fingerprint density at radius 3 is 2.75 bits per heavy atom. The Kier molecular flexibility index (Phi) is 5.47. The minimum Gasteiger partial charge on any atom is -0.324 e. The van der Waals surface area contributed by atoms with Crippen LogP contribution in [0.4, 0.5) is 11.4 Å². The lowest BCUT2D eigenvalue weighted by Gasteiger charge is -2.23. The molecule has 7 nitrogen and oxygen atoms in total. The van der Waals surface area contributed by atoms with E-state index in [9.17, 15) is 14.9 Å². The SMILES string of the molecule is O=C(CN1CCC(N2CCCC2)C1)Nc1ccc([N+](=O)[O-])cc1Br. The Labute approximate surface area is 149 Å². The zero-order chi connectivity index (χ0) is 17.1. The second-order valence-corrected chi connectivity index (χ2v) is 7.24. The predicted molar refractivity (Wildman–Crippen MR) is 95.1 cm³/mol. The number of nitrogens with one attached hydrogen (secondary N) is 1. The van der Waals surface area contributed by atoms with Gasteiger partial charge in [0.2, 0.25) is 5.91 Å². The van der Waals surface area contributed by atoms with E-state index in [1.54, 1.807) is 6.07 Å². The molecule has 1 unspecified atom stereocenters. The molecule has 1 amide bonds. The summed E-state index contributed by atoms with van der Waals surface area (Å²) in [5.41, 5.74) is 0.550. The molecule has 2 saturated heterocycles. The largest absolute Gasteiger partial charge is 0.324 e. The number of nitrogens with zero attached hydrogens (tertiary/aromatic N) is 3. The van der Waals surface area contributed by atoms with Crippen molar-refractivity contribution in [1.82, 2.24) is 9.80 Å². The fourth-order valence-electron chi connectivity index (χ4n) is 3.47. The van der Waals surface area contributed by atoms with Gasteiger partial charge in [0.15, 0.2) is 0 Å². The molecular formula is C16H21BrN4O3. The van der Waals surface area contributed by atoms with Gasteiger partial charge in [-0.3, -0.25) is 24.7 Å². The molecule has 0 spiro atoms. The zero-order valence-electron chi connectivity index (χ0n) is 13.4. The van der Waals surface area contributed by atoms with Crippen molar-refractivity contribution in [2.24, 2.45) is 0 Å². The minimum atomic E-state index is -0.459. The van der Waals surface area contributed by atoms with Gasteiger partial charge in [0.25, 0.3) is 5.69 Å². The molecule has 2 aliphatic rings. The van der Waals surface area contributed by atoms with Crippen LogP contribution in [0, 0.1) is 10.1 Å². The molecule has 2 aliphatic heterocycles. The lowest BCUT2D eigenvalue weighted by Crippen LogP contribution is -2.37. The van der Waals surface area contributed by atoms with Crippen LogP contribution in [0.1, 0.15) is 19.3 Å². The van der Waals surface area contributed by atoms with E-state index in [0.717, 1.165) is 19.5 Å². The molecule has 2 heterocycles. The van der Waals surface area contributed by atoms with Gasteiger partial charge in [-0.1, -0.05) is 0 Å². The van der Waals surface area contributed by atoms with Gasteiger partial charge in [-0.2, -0.15) is 0 Å². The average molecular weight is 397 g/mol. The molecule has 0 bridgehead atoms. The molecule has 0 aromatic heterocycles. The number of carbonyl (C=O) groups is 1. The normalized spacial score (nSPS) is 22.0. The van der Waals surface area contributed by atoms with E-state index in [2.05, 4.69) is 31.0 Å². The molecule has 130 valence electrons. The Bertz CT molecular complexity index is 634. The number of benzene rings is 1. The fourth-order valence-corrected chi connectivity index (χ4v) is 3.94. The first-order valence-electron chi connectivity index (χ1n) is 8.23. The van der Waals surface area contributed by atoms with Crippen LogP contribution >= 0.6 is 15.9 Å². The van der Waals surface area contributed by atoms with Gasteiger partial charge < -0.3 is 5.32 Å². The van der Waals surface area contributed by atoms with Gasteiger partial charge in [0, 0.05) is 35.7 Å². The summed E-state index contributed by atoms with van der Waals surface area (Å²) in [6, 6.07) is 4.91. The second-order valence-electron chi connectivity index (χ2n) is 6.39. The second kappa shape index (κ2) is 7.58.